The smallest absolute Gasteiger partial charge is 0.0767 e. The van der Waals surface area contributed by atoms with E-state index in [1.165, 1.54) is 15.3 Å². The SMILES string of the molecule is Cc1ccc(CNC(c2cccs2)c2cccs2)cn1. The fourth-order valence-corrected chi connectivity index (χ4v) is 3.79. The number of thiophene rings is 2. The topological polar surface area (TPSA) is 24.9 Å². The van der Waals surface area contributed by atoms with Crippen LogP contribution in [0.5, 0.6) is 0 Å². The molecule has 0 aromatic carbocycles. The molecule has 0 bridgehead atoms. The first kappa shape index (κ1) is 13.5. The van der Waals surface area contributed by atoms with Crippen LogP contribution in [0.1, 0.15) is 27.1 Å². The third kappa shape index (κ3) is 3.15. The molecule has 0 fully saturated rings. The first-order valence-corrected chi connectivity index (χ1v) is 8.30. The molecule has 3 aromatic heterocycles. The van der Waals surface area contributed by atoms with E-state index < -0.39 is 0 Å². The molecule has 0 saturated heterocycles. The molecule has 0 saturated carbocycles. The minimum atomic E-state index is 0.274. The van der Waals surface area contributed by atoms with E-state index in [1.54, 1.807) is 22.7 Å². The summed E-state index contributed by atoms with van der Waals surface area (Å²) in [5.74, 6) is 0. The Hall–Kier alpha value is -1.49. The number of rotatable bonds is 5. The molecular formula is C16H16N2S2. The lowest BCUT2D eigenvalue weighted by atomic mass is 10.2. The molecule has 3 rings (SSSR count). The van der Waals surface area contributed by atoms with Crippen molar-refractivity contribution in [3.63, 3.8) is 0 Å². The first-order valence-electron chi connectivity index (χ1n) is 6.54. The molecule has 4 heteroatoms. The molecule has 102 valence electrons. The lowest BCUT2D eigenvalue weighted by Crippen LogP contribution is -2.20. The lowest BCUT2D eigenvalue weighted by Gasteiger charge is -2.16. The standard InChI is InChI=1S/C16H16N2S2/c1-12-6-7-13(10-17-12)11-18-16(14-4-2-8-19-14)15-5-3-9-20-15/h2-10,16,18H,11H2,1H3. The van der Waals surface area contributed by atoms with Crippen molar-refractivity contribution in [2.45, 2.75) is 19.5 Å². The Morgan fingerprint density at radius 2 is 1.75 bits per heavy atom. The van der Waals surface area contributed by atoms with Crippen molar-refractivity contribution in [2.75, 3.05) is 0 Å². The van der Waals surface area contributed by atoms with Gasteiger partial charge in [0.2, 0.25) is 0 Å². The third-order valence-electron chi connectivity index (χ3n) is 3.14. The zero-order chi connectivity index (χ0) is 13.8. The minimum Gasteiger partial charge on any atom is -0.301 e. The number of hydrogen-bond acceptors (Lipinski definition) is 4. The molecular weight excluding hydrogens is 284 g/mol. The quantitative estimate of drug-likeness (QED) is 0.756. The monoisotopic (exact) mass is 300 g/mol. The highest BCUT2D eigenvalue weighted by atomic mass is 32.1. The van der Waals surface area contributed by atoms with Crippen molar-refractivity contribution in [2.24, 2.45) is 0 Å². The fraction of sp³-hybridized carbons (Fsp3) is 0.188. The molecule has 0 aliphatic carbocycles. The molecule has 0 radical (unpaired) electrons. The van der Waals surface area contributed by atoms with E-state index in [2.05, 4.69) is 57.5 Å². The Morgan fingerprint density at radius 3 is 2.25 bits per heavy atom. The Kier molecular flexibility index (Phi) is 4.25. The average Bonchev–Trinajstić information content (AvgIpc) is 3.14. The van der Waals surface area contributed by atoms with Gasteiger partial charge in [-0.15, -0.1) is 22.7 Å². The van der Waals surface area contributed by atoms with Gasteiger partial charge in [-0.2, -0.15) is 0 Å². The molecule has 0 unspecified atom stereocenters. The van der Waals surface area contributed by atoms with Crippen LogP contribution in [0, 0.1) is 6.92 Å². The lowest BCUT2D eigenvalue weighted by molar-refractivity contribution is 0.620. The molecule has 0 atom stereocenters. The number of pyridine rings is 1. The van der Waals surface area contributed by atoms with Gasteiger partial charge in [-0.25, -0.2) is 0 Å². The summed E-state index contributed by atoms with van der Waals surface area (Å²) in [6.07, 6.45) is 1.95. The van der Waals surface area contributed by atoms with Crippen LogP contribution < -0.4 is 5.32 Å². The van der Waals surface area contributed by atoms with Crippen molar-refractivity contribution < 1.29 is 0 Å². The summed E-state index contributed by atoms with van der Waals surface area (Å²) in [5.41, 5.74) is 2.27. The van der Waals surface area contributed by atoms with E-state index in [-0.39, 0.29) is 6.04 Å². The average molecular weight is 300 g/mol. The van der Waals surface area contributed by atoms with Crippen molar-refractivity contribution in [3.05, 3.63) is 74.4 Å². The molecule has 0 aliphatic heterocycles. The van der Waals surface area contributed by atoms with Crippen LogP contribution in [0.4, 0.5) is 0 Å². The highest BCUT2D eigenvalue weighted by Crippen LogP contribution is 2.29. The van der Waals surface area contributed by atoms with Crippen molar-refractivity contribution in [3.8, 4) is 0 Å². The molecule has 20 heavy (non-hydrogen) atoms. The summed E-state index contributed by atoms with van der Waals surface area (Å²) in [4.78, 5) is 7.06. The van der Waals surface area contributed by atoms with Crippen molar-refractivity contribution >= 4 is 22.7 Å². The van der Waals surface area contributed by atoms with Crippen molar-refractivity contribution in [1.29, 1.82) is 0 Å². The van der Waals surface area contributed by atoms with Gasteiger partial charge in [0.05, 0.1) is 6.04 Å². The molecule has 1 N–H and O–H groups in total. The van der Waals surface area contributed by atoms with Crippen LogP contribution in [-0.4, -0.2) is 4.98 Å². The van der Waals surface area contributed by atoms with Gasteiger partial charge in [0.25, 0.3) is 0 Å². The van der Waals surface area contributed by atoms with E-state index >= 15 is 0 Å². The Morgan fingerprint density at radius 1 is 1.05 bits per heavy atom. The maximum Gasteiger partial charge on any atom is 0.0767 e. The van der Waals surface area contributed by atoms with E-state index in [9.17, 15) is 0 Å². The normalized spacial score (nSPS) is 11.1. The number of nitrogens with zero attached hydrogens (tertiary/aromatic N) is 1. The molecule has 0 spiro atoms. The minimum absolute atomic E-state index is 0.274. The molecule has 0 aliphatic rings. The summed E-state index contributed by atoms with van der Waals surface area (Å²) in [5, 5.41) is 7.90. The van der Waals surface area contributed by atoms with Gasteiger partial charge in [0.1, 0.15) is 0 Å². The van der Waals surface area contributed by atoms with Crippen LogP contribution in [-0.2, 0) is 6.54 Å². The highest BCUT2D eigenvalue weighted by Gasteiger charge is 2.15. The molecule has 2 nitrogen and oxygen atoms in total. The molecule has 0 amide bonds. The molecule has 3 aromatic rings. The van der Waals surface area contributed by atoms with Gasteiger partial charge >= 0.3 is 0 Å². The fourth-order valence-electron chi connectivity index (χ4n) is 2.08. The van der Waals surface area contributed by atoms with E-state index in [4.69, 9.17) is 0 Å². The number of aromatic nitrogens is 1. The van der Waals surface area contributed by atoms with Crippen molar-refractivity contribution in [1.82, 2.24) is 10.3 Å². The van der Waals surface area contributed by atoms with Crippen LogP contribution in [0.15, 0.2) is 53.4 Å². The summed E-state index contributed by atoms with van der Waals surface area (Å²) >= 11 is 3.59. The zero-order valence-corrected chi connectivity index (χ0v) is 12.9. The maximum atomic E-state index is 4.35. The van der Waals surface area contributed by atoms with Crippen LogP contribution in [0.2, 0.25) is 0 Å². The Balaban J connectivity index is 1.76. The predicted octanol–water partition coefficient (Wildman–Crippen LogP) is 4.39. The summed E-state index contributed by atoms with van der Waals surface area (Å²) < 4.78 is 0. The Bertz CT molecular complexity index is 593. The van der Waals surface area contributed by atoms with Gasteiger partial charge in [0.15, 0.2) is 0 Å². The molecule has 3 heterocycles. The number of hydrogen-bond donors (Lipinski definition) is 1. The second kappa shape index (κ2) is 6.31. The van der Waals surface area contributed by atoms with E-state index in [0.717, 1.165) is 12.2 Å². The largest absolute Gasteiger partial charge is 0.301 e. The van der Waals surface area contributed by atoms with Gasteiger partial charge in [-0.1, -0.05) is 18.2 Å². The van der Waals surface area contributed by atoms with Gasteiger partial charge in [-0.3, -0.25) is 4.98 Å². The Labute approximate surface area is 127 Å². The van der Waals surface area contributed by atoms with Crippen LogP contribution in [0.25, 0.3) is 0 Å². The summed E-state index contributed by atoms with van der Waals surface area (Å²) in [6.45, 7) is 2.84. The zero-order valence-electron chi connectivity index (χ0n) is 11.2. The van der Waals surface area contributed by atoms with Crippen LogP contribution in [0.3, 0.4) is 0 Å². The van der Waals surface area contributed by atoms with Gasteiger partial charge in [0, 0.05) is 28.2 Å². The number of nitrogens with one attached hydrogen (secondary N) is 1. The third-order valence-corrected chi connectivity index (χ3v) is 5.01. The van der Waals surface area contributed by atoms with Gasteiger partial charge < -0.3 is 5.32 Å². The van der Waals surface area contributed by atoms with E-state index in [1.807, 2.05) is 13.1 Å². The first-order chi connectivity index (χ1) is 9.83. The summed E-state index contributed by atoms with van der Waals surface area (Å²) in [6, 6.07) is 13.1. The second-order valence-electron chi connectivity index (χ2n) is 4.65. The van der Waals surface area contributed by atoms with Crippen LogP contribution >= 0.6 is 22.7 Å². The van der Waals surface area contributed by atoms with Gasteiger partial charge in [-0.05, 0) is 41.4 Å². The number of aryl methyl sites for hydroxylation is 1. The second-order valence-corrected chi connectivity index (χ2v) is 6.61. The summed E-state index contributed by atoms with van der Waals surface area (Å²) in [7, 11) is 0. The maximum absolute atomic E-state index is 4.35. The highest BCUT2D eigenvalue weighted by molar-refractivity contribution is 7.11. The van der Waals surface area contributed by atoms with E-state index in [0.29, 0.717) is 0 Å². The predicted molar refractivity (Wildman–Crippen MR) is 86.3 cm³/mol.